The fourth-order valence-corrected chi connectivity index (χ4v) is 1.85. The molecule has 3 N–H and O–H groups in total. The van der Waals surface area contributed by atoms with Crippen molar-refractivity contribution in [3.63, 3.8) is 0 Å². The van der Waals surface area contributed by atoms with Crippen LogP contribution in [-0.4, -0.2) is 34.1 Å². The van der Waals surface area contributed by atoms with Gasteiger partial charge in [-0.3, -0.25) is 9.59 Å². The Kier molecular flexibility index (Phi) is 4.21. The lowest BCUT2D eigenvalue weighted by Crippen LogP contribution is -2.41. The summed E-state index contributed by atoms with van der Waals surface area (Å²) in [6.07, 6.45) is 3.48. The third-order valence-electron chi connectivity index (χ3n) is 3.15. The zero-order chi connectivity index (χ0) is 13.8. The Balaban J connectivity index is 1.69. The molecule has 1 saturated carbocycles. The van der Waals surface area contributed by atoms with Gasteiger partial charge >= 0.3 is 11.8 Å². The topological polar surface area (TPSA) is 83.4 Å². The number of carbonyl (C=O) groups excluding carboxylic acids is 2. The number of carbonyl (C=O) groups is 2. The zero-order valence-electron chi connectivity index (χ0n) is 10.9. The molecule has 19 heavy (non-hydrogen) atoms. The van der Waals surface area contributed by atoms with E-state index in [1.54, 1.807) is 0 Å². The molecule has 1 aromatic heterocycles. The fourth-order valence-electron chi connectivity index (χ4n) is 1.85. The van der Waals surface area contributed by atoms with Crippen molar-refractivity contribution in [1.29, 1.82) is 0 Å². The Bertz CT molecular complexity index is 465. The molecular formula is C13H19N3O3. The maximum absolute atomic E-state index is 11.4. The van der Waals surface area contributed by atoms with Crippen LogP contribution in [0.4, 0.5) is 0 Å². The molecule has 0 unspecified atom stereocenters. The molecule has 1 atom stereocenters. The summed E-state index contributed by atoms with van der Waals surface area (Å²) in [6.45, 7) is 0.267. The van der Waals surface area contributed by atoms with Crippen LogP contribution in [-0.2, 0) is 16.6 Å². The second kappa shape index (κ2) is 5.88. The summed E-state index contributed by atoms with van der Waals surface area (Å²) in [6, 6.07) is 3.85. The Hall–Kier alpha value is -1.82. The molecule has 2 rings (SSSR count). The summed E-state index contributed by atoms with van der Waals surface area (Å²) in [7, 11) is 1.85. The molecule has 1 aliphatic carbocycles. The minimum Gasteiger partial charge on any atom is -0.387 e. The van der Waals surface area contributed by atoms with E-state index >= 15 is 0 Å². The number of aliphatic hydroxyl groups is 1. The second-order valence-corrected chi connectivity index (χ2v) is 4.85. The van der Waals surface area contributed by atoms with Gasteiger partial charge in [-0.2, -0.15) is 0 Å². The van der Waals surface area contributed by atoms with Crippen molar-refractivity contribution in [2.24, 2.45) is 7.05 Å². The van der Waals surface area contributed by atoms with Crippen molar-refractivity contribution in [1.82, 2.24) is 15.2 Å². The van der Waals surface area contributed by atoms with Crippen LogP contribution in [0.5, 0.6) is 0 Å². The monoisotopic (exact) mass is 265 g/mol. The summed E-state index contributed by atoms with van der Waals surface area (Å²) in [5.41, 5.74) is 0.789. The molecule has 0 bridgehead atoms. The predicted molar refractivity (Wildman–Crippen MR) is 69.2 cm³/mol. The van der Waals surface area contributed by atoms with Gasteiger partial charge < -0.3 is 20.3 Å². The van der Waals surface area contributed by atoms with E-state index in [4.69, 9.17) is 0 Å². The van der Waals surface area contributed by atoms with E-state index in [0.29, 0.717) is 6.42 Å². The van der Waals surface area contributed by atoms with E-state index < -0.39 is 17.9 Å². The van der Waals surface area contributed by atoms with Gasteiger partial charge in [0.25, 0.3) is 0 Å². The summed E-state index contributed by atoms with van der Waals surface area (Å²) in [5, 5.41) is 15.0. The number of amides is 2. The number of nitrogens with zero attached hydrogens (tertiary/aromatic N) is 1. The van der Waals surface area contributed by atoms with Gasteiger partial charge in [0, 0.05) is 31.5 Å². The smallest absolute Gasteiger partial charge is 0.309 e. The minimum absolute atomic E-state index is 0.173. The lowest BCUT2D eigenvalue weighted by Gasteiger charge is -2.12. The van der Waals surface area contributed by atoms with E-state index in [9.17, 15) is 14.7 Å². The molecule has 0 spiro atoms. The highest BCUT2D eigenvalue weighted by Gasteiger charge is 2.26. The summed E-state index contributed by atoms with van der Waals surface area (Å²) in [5.74, 6) is -1.22. The van der Waals surface area contributed by atoms with Crippen LogP contribution in [0.15, 0.2) is 18.3 Å². The average molecular weight is 265 g/mol. The molecule has 1 fully saturated rings. The Morgan fingerprint density at radius 1 is 1.47 bits per heavy atom. The van der Waals surface area contributed by atoms with Crippen LogP contribution in [0.3, 0.4) is 0 Å². The van der Waals surface area contributed by atoms with Gasteiger partial charge in [0.15, 0.2) is 0 Å². The predicted octanol–water partition coefficient (Wildman–Crippen LogP) is -0.157. The Morgan fingerprint density at radius 2 is 2.21 bits per heavy atom. The van der Waals surface area contributed by atoms with Crippen molar-refractivity contribution < 1.29 is 14.7 Å². The Labute approximate surface area is 111 Å². The van der Waals surface area contributed by atoms with Crippen molar-refractivity contribution in [2.45, 2.75) is 31.4 Å². The quantitative estimate of drug-likeness (QED) is 0.647. The van der Waals surface area contributed by atoms with Gasteiger partial charge in [0.05, 0.1) is 6.10 Å². The first-order valence-electron chi connectivity index (χ1n) is 6.46. The molecule has 104 valence electrons. The number of aryl methyl sites for hydroxylation is 1. The third-order valence-corrected chi connectivity index (χ3v) is 3.15. The van der Waals surface area contributed by atoms with E-state index in [1.165, 1.54) is 0 Å². The molecule has 0 aromatic carbocycles. The number of rotatable bonds is 5. The van der Waals surface area contributed by atoms with Crippen molar-refractivity contribution in [3.8, 4) is 0 Å². The third kappa shape index (κ3) is 3.82. The average Bonchev–Trinajstić information content (AvgIpc) is 3.08. The van der Waals surface area contributed by atoms with Gasteiger partial charge in [0.1, 0.15) is 0 Å². The first-order valence-corrected chi connectivity index (χ1v) is 6.46. The molecule has 1 aromatic rings. The highest BCUT2D eigenvalue weighted by atomic mass is 16.3. The standard InChI is InChI=1S/C13H19N3O3/c1-16-8-2-3-10(16)11(17)6-7-14-12(18)13(19)15-9-4-5-9/h2-3,8-9,11,17H,4-7H2,1H3,(H,14,18)(H,15,19)/t11-/m1/s1. The molecule has 6 heteroatoms. The molecular weight excluding hydrogens is 246 g/mol. The SMILES string of the molecule is Cn1cccc1[C@H](O)CCNC(=O)C(=O)NC1CC1. The van der Waals surface area contributed by atoms with Gasteiger partial charge in [0.2, 0.25) is 0 Å². The largest absolute Gasteiger partial charge is 0.387 e. The molecule has 1 heterocycles. The van der Waals surface area contributed by atoms with Gasteiger partial charge in [-0.25, -0.2) is 0 Å². The molecule has 6 nitrogen and oxygen atoms in total. The lowest BCUT2D eigenvalue weighted by molar-refractivity contribution is -0.139. The summed E-state index contributed by atoms with van der Waals surface area (Å²) in [4.78, 5) is 22.8. The van der Waals surface area contributed by atoms with Crippen LogP contribution in [0, 0.1) is 0 Å². The fraction of sp³-hybridized carbons (Fsp3) is 0.538. The van der Waals surface area contributed by atoms with Crippen molar-refractivity contribution in [2.75, 3.05) is 6.54 Å². The molecule has 1 aliphatic rings. The lowest BCUT2D eigenvalue weighted by atomic mass is 10.2. The normalized spacial score (nSPS) is 15.9. The number of nitrogens with one attached hydrogen (secondary N) is 2. The van der Waals surface area contributed by atoms with Gasteiger partial charge in [-0.05, 0) is 31.4 Å². The molecule has 0 saturated heterocycles. The summed E-state index contributed by atoms with van der Waals surface area (Å²) >= 11 is 0. The van der Waals surface area contributed by atoms with Crippen molar-refractivity contribution in [3.05, 3.63) is 24.0 Å². The number of aromatic nitrogens is 1. The molecule has 2 amide bonds. The van der Waals surface area contributed by atoms with E-state index in [2.05, 4.69) is 10.6 Å². The number of hydrogen-bond acceptors (Lipinski definition) is 3. The zero-order valence-corrected chi connectivity index (χ0v) is 10.9. The van der Waals surface area contributed by atoms with E-state index in [0.717, 1.165) is 18.5 Å². The number of hydrogen-bond donors (Lipinski definition) is 3. The first kappa shape index (κ1) is 13.6. The minimum atomic E-state index is -0.646. The number of aliphatic hydroxyl groups excluding tert-OH is 1. The van der Waals surface area contributed by atoms with Crippen molar-refractivity contribution >= 4 is 11.8 Å². The van der Waals surface area contributed by atoms with Crippen LogP contribution in [0.1, 0.15) is 31.1 Å². The van der Waals surface area contributed by atoms with Crippen LogP contribution >= 0.6 is 0 Å². The molecule has 0 radical (unpaired) electrons. The van der Waals surface area contributed by atoms with Gasteiger partial charge in [-0.15, -0.1) is 0 Å². The highest BCUT2D eigenvalue weighted by molar-refractivity contribution is 6.35. The Morgan fingerprint density at radius 3 is 2.79 bits per heavy atom. The second-order valence-electron chi connectivity index (χ2n) is 4.85. The van der Waals surface area contributed by atoms with Crippen LogP contribution in [0.25, 0.3) is 0 Å². The maximum atomic E-state index is 11.4. The van der Waals surface area contributed by atoms with E-state index in [-0.39, 0.29) is 12.6 Å². The van der Waals surface area contributed by atoms with Crippen LogP contribution in [0.2, 0.25) is 0 Å². The molecule has 0 aliphatic heterocycles. The first-order chi connectivity index (χ1) is 9.08. The summed E-state index contributed by atoms with van der Waals surface area (Å²) < 4.78 is 1.83. The maximum Gasteiger partial charge on any atom is 0.309 e. The van der Waals surface area contributed by atoms with E-state index in [1.807, 2.05) is 29.9 Å². The van der Waals surface area contributed by atoms with Crippen LogP contribution < -0.4 is 10.6 Å². The highest BCUT2D eigenvalue weighted by Crippen LogP contribution is 2.18. The van der Waals surface area contributed by atoms with Gasteiger partial charge in [-0.1, -0.05) is 0 Å².